The first-order valence-electron chi connectivity index (χ1n) is 7.37. The van der Waals surface area contributed by atoms with Gasteiger partial charge >= 0.3 is 0 Å². The van der Waals surface area contributed by atoms with Crippen LogP contribution in [0.25, 0.3) is 0 Å². The van der Waals surface area contributed by atoms with Crippen molar-refractivity contribution in [2.75, 3.05) is 17.3 Å². The number of nitrogens with one attached hydrogen (secondary N) is 1. The summed E-state index contributed by atoms with van der Waals surface area (Å²) in [5.74, 6) is 1.67. The molecule has 4 heteroatoms. The Morgan fingerprint density at radius 2 is 1.86 bits per heavy atom. The predicted molar refractivity (Wildman–Crippen MR) is 86.7 cm³/mol. The van der Waals surface area contributed by atoms with Gasteiger partial charge in [0.05, 0.1) is 0 Å². The number of anilines is 2. The Morgan fingerprint density at radius 1 is 1.14 bits per heavy atom. The van der Waals surface area contributed by atoms with Crippen LogP contribution in [0.5, 0.6) is 0 Å². The van der Waals surface area contributed by atoms with Crippen molar-refractivity contribution in [2.24, 2.45) is 0 Å². The first-order valence-corrected chi connectivity index (χ1v) is 7.37. The molecule has 1 aromatic carbocycles. The van der Waals surface area contributed by atoms with Gasteiger partial charge in [-0.05, 0) is 38.3 Å². The average Bonchev–Trinajstić information content (AvgIpc) is 2.44. The molecule has 1 aliphatic rings. The highest BCUT2D eigenvalue weighted by atomic mass is 15.3. The van der Waals surface area contributed by atoms with Gasteiger partial charge < -0.3 is 10.2 Å². The summed E-state index contributed by atoms with van der Waals surface area (Å²) in [5, 5.41) is 3.04. The van der Waals surface area contributed by atoms with Crippen LogP contribution in [0.3, 0.4) is 0 Å². The Labute approximate surface area is 126 Å². The molecule has 2 aromatic rings. The average molecular weight is 282 g/mol. The summed E-state index contributed by atoms with van der Waals surface area (Å²) in [7, 11) is 1.86. The number of benzene rings is 1. The molecular formula is C17H22N4. The fraction of sp³-hybridized carbons (Fsp3) is 0.412. The first kappa shape index (κ1) is 13.9. The molecule has 0 saturated heterocycles. The second-order valence-corrected chi connectivity index (χ2v) is 6.29. The SMILES string of the molecule is CNc1nc(C)cc(N2Cc3ccccc3CC2(C)C)n1. The fourth-order valence-electron chi connectivity index (χ4n) is 3.02. The van der Waals surface area contributed by atoms with Gasteiger partial charge in [-0.25, -0.2) is 4.98 Å². The predicted octanol–water partition coefficient (Wildman–Crippen LogP) is 3.17. The molecule has 2 heterocycles. The Hall–Kier alpha value is -2.10. The Bertz CT molecular complexity index is 664. The summed E-state index contributed by atoms with van der Waals surface area (Å²) in [5.41, 5.74) is 3.86. The molecule has 0 saturated carbocycles. The summed E-state index contributed by atoms with van der Waals surface area (Å²) in [6, 6.07) is 10.7. The number of nitrogens with zero attached hydrogens (tertiary/aromatic N) is 3. The largest absolute Gasteiger partial charge is 0.357 e. The molecule has 1 N–H and O–H groups in total. The van der Waals surface area contributed by atoms with Crippen LogP contribution in [0.15, 0.2) is 30.3 Å². The van der Waals surface area contributed by atoms with Crippen LogP contribution in [0.2, 0.25) is 0 Å². The van der Waals surface area contributed by atoms with Crippen LogP contribution in [-0.2, 0) is 13.0 Å². The maximum absolute atomic E-state index is 4.65. The van der Waals surface area contributed by atoms with E-state index in [1.165, 1.54) is 11.1 Å². The Morgan fingerprint density at radius 3 is 2.57 bits per heavy atom. The maximum Gasteiger partial charge on any atom is 0.224 e. The third-order valence-corrected chi connectivity index (χ3v) is 4.14. The van der Waals surface area contributed by atoms with Crippen LogP contribution >= 0.6 is 0 Å². The second-order valence-electron chi connectivity index (χ2n) is 6.29. The number of fused-ring (bicyclic) bond motifs is 1. The zero-order valence-corrected chi connectivity index (χ0v) is 13.1. The molecule has 0 atom stereocenters. The molecular weight excluding hydrogens is 260 g/mol. The van der Waals surface area contributed by atoms with E-state index in [-0.39, 0.29) is 5.54 Å². The minimum absolute atomic E-state index is 0.0418. The number of hydrogen-bond donors (Lipinski definition) is 1. The van der Waals surface area contributed by atoms with E-state index in [2.05, 4.69) is 64.4 Å². The molecule has 3 rings (SSSR count). The molecule has 0 bridgehead atoms. The quantitative estimate of drug-likeness (QED) is 0.918. The van der Waals surface area contributed by atoms with Gasteiger partial charge in [0.2, 0.25) is 5.95 Å². The lowest BCUT2D eigenvalue weighted by atomic mass is 9.85. The normalized spacial score (nSPS) is 16.5. The zero-order valence-electron chi connectivity index (χ0n) is 13.1. The van der Waals surface area contributed by atoms with Crippen LogP contribution in [0.1, 0.15) is 30.7 Å². The van der Waals surface area contributed by atoms with Gasteiger partial charge in [-0.1, -0.05) is 24.3 Å². The molecule has 0 amide bonds. The molecule has 0 fully saturated rings. The molecule has 0 aliphatic carbocycles. The minimum atomic E-state index is 0.0418. The summed E-state index contributed by atoms with van der Waals surface area (Å²) < 4.78 is 0. The van der Waals surface area contributed by atoms with Crippen molar-refractivity contribution in [2.45, 2.75) is 39.3 Å². The van der Waals surface area contributed by atoms with Gasteiger partial charge in [-0.2, -0.15) is 4.98 Å². The van der Waals surface area contributed by atoms with Crippen molar-refractivity contribution in [3.63, 3.8) is 0 Å². The van der Waals surface area contributed by atoms with Crippen LogP contribution in [0.4, 0.5) is 11.8 Å². The number of aryl methyl sites for hydroxylation is 1. The fourth-order valence-corrected chi connectivity index (χ4v) is 3.02. The lowest BCUT2D eigenvalue weighted by Gasteiger charge is -2.44. The highest BCUT2D eigenvalue weighted by Gasteiger charge is 2.33. The van der Waals surface area contributed by atoms with Crippen molar-refractivity contribution in [1.29, 1.82) is 0 Å². The zero-order chi connectivity index (χ0) is 15.0. The summed E-state index contributed by atoms with van der Waals surface area (Å²) >= 11 is 0. The molecule has 0 radical (unpaired) electrons. The van der Waals surface area contributed by atoms with Gasteiger partial charge in [0.1, 0.15) is 5.82 Å². The molecule has 110 valence electrons. The standard InChI is InChI=1S/C17H22N4/c1-12-9-15(20-16(18-4)19-12)21-11-14-8-6-5-7-13(14)10-17(21,2)3/h5-9H,10-11H2,1-4H3,(H,18,19,20). The second kappa shape index (κ2) is 5.02. The van der Waals surface area contributed by atoms with Gasteiger partial charge in [-0.15, -0.1) is 0 Å². The summed E-state index contributed by atoms with van der Waals surface area (Å²) in [6.45, 7) is 7.46. The van der Waals surface area contributed by atoms with Crippen molar-refractivity contribution >= 4 is 11.8 Å². The summed E-state index contributed by atoms with van der Waals surface area (Å²) in [4.78, 5) is 11.4. The third-order valence-electron chi connectivity index (χ3n) is 4.14. The van der Waals surface area contributed by atoms with Gasteiger partial charge in [0.25, 0.3) is 0 Å². The highest BCUT2D eigenvalue weighted by molar-refractivity contribution is 5.51. The van der Waals surface area contributed by atoms with Crippen LogP contribution in [0, 0.1) is 6.92 Å². The minimum Gasteiger partial charge on any atom is -0.357 e. The van der Waals surface area contributed by atoms with Crippen molar-refractivity contribution in [3.05, 3.63) is 47.2 Å². The highest BCUT2D eigenvalue weighted by Crippen LogP contribution is 2.34. The third kappa shape index (κ3) is 2.58. The maximum atomic E-state index is 4.65. The van der Waals surface area contributed by atoms with E-state index in [0.29, 0.717) is 5.95 Å². The van der Waals surface area contributed by atoms with Crippen molar-refractivity contribution in [1.82, 2.24) is 9.97 Å². The molecule has 4 nitrogen and oxygen atoms in total. The Kier molecular flexibility index (Phi) is 3.32. The van der Waals surface area contributed by atoms with Crippen LogP contribution < -0.4 is 10.2 Å². The molecule has 1 aliphatic heterocycles. The monoisotopic (exact) mass is 282 g/mol. The number of aromatic nitrogens is 2. The molecule has 0 unspecified atom stereocenters. The number of rotatable bonds is 2. The number of hydrogen-bond acceptors (Lipinski definition) is 4. The van der Waals surface area contributed by atoms with E-state index in [4.69, 9.17) is 0 Å². The van der Waals surface area contributed by atoms with Crippen molar-refractivity contribution < 1.29 is 0 Å². The molecule has 1 aromatic heterocycles. The smallest absolute Gasteiger partial charge is 0.224 e. The van der Waals surface area contributed by atoms with E-state index in [1.807, 2.05) is 14.0 Å². The molecule has 0 spiro atoms. The first-order chi connectivity index (χ1) is 9.99. The van der Waals surface area contributed by atoms with E-state index in [0.717, 1.165) is 24.5 Å². The topological polar surface area (TPSA) is 41.1 Å². The van der Waals surface area contributed by atoms with E-state index in [1.54, 1.807) is 0 Å². The van der Waals surface area contributed by atoms with E-state index in [9.17, 15) is 0 Å². The van der Waals surface area contributed by atoms with Crippen LogP contribution in [-0.4, -0.2) is 22.6 Å². The lowest BCUT2D eigenvalue weighted by Crippen LogP contribution is -2.49. The van der Waals surface area contributed by atoms with Gasteiger partial charge in [0, 0.05) is 30.9 Å². The van der Waals surface area contributed by atoms with Gasteiger partial charge in [0.15, 0.2) is 0 Å². The van der Waals surface area contributed by atoms with E-state index < -0.39 is 0 Å². The van der Waals surface area contributed by atoms with Gasteiger partial charge in [-0.3, -0.25) is 0 Å². The lowest BCUT2D eigenvalue weighted by molar-refractivity contribution is 0.427. The van der Waals surface area contributed by atoms with E-state index >= 15 is 0 Å². The molecule has 21 heavy (non-hydrogen) atoms. The van der Waals surface area contributed by atoms with Crippen molar-refractivity contribution in [3.8, 4) is 0 Å². The Balaban J connectivity index is 2.04. The summed E-state index contributed by atoms with van der Waals surface area (Å²) in [6.07, 6.45) is 1.03.